The highest BCUT2D eigenvalue weighted by Crippen LogP contribution is 2.31. The fourth-order valence-electron chi connectivity index (χ4n) is 4.88. The van der Waals surface area contributed by atoms with Crippen LogP contribution in [0, 0.1) is 0 Å². The molecule has 6 nitrogen and oxygen atoms in total. The molecular formula is C25H34N4O2S. The molecule has 1 aromatic heterocycles. The van der Waals surface area contributed by atoms with Gasteiger partial charge in [0.2, 0.25) is 5.91 Å². The maximum absolute atomic E-state index is 13.1. The van der Waals surface area contributed by atoms with E-state index in [2.05, 4.69) is 29.8 Å². The van der Waals surface area contributed by atoms with Gasteiger partial charge in [0.05, 0.1) is 5.75 Å². The van der Waals surface area contributed by atoms with Gasteiger partial charge in [-0.15, -0.1) is 0 Å². The van der Waals surface area contributed by atoms with Crippen LogP contribution in [0.2, 0.25) is 0 Å². The number of aromatic nitrogens is 2. The van der Waals surface area contributed by atoms with Crippen LogP contribution < -0.4 is 10.6 Å². The van der Waals surface area contributed by atoms with Crippen LogP contribution >= 0.6 is 11.8 Å². The molecule has 1 amide bonds. The molecule has 0 spiro atoms. The van der Waals surface area contributed by atoms with Gasteiger partial charge in [0.1, 0.15) is 5.03 Å². The minimum absolute atomic E-state index is 0.0965. The summed E-state index contributed by atoms with van der Waals surface area (Å²) in [7, 11) is 0. The van der Waals surface area contributed by atoms with Gasteiger partial charge in [-0.25, -0.2) is 4.79 Å². The van der Waals surface area contributed by atoms with Crippen LogP contribution in [0.15, 0.2) is 34.1 Å². The fraction of sp³-hybridized carbons (Fsp3) is 0.560. The second-order valence-electron chi connectivity index (χ2n) is 8.58. The average molecular weight is 455 g/mol. The van der Waals surface area contributed by atoms with Gasteiger partial charge in [-0.2, -0.15) is 4.98 Å². The largest absolute Gasteiger partial charge is 0.348 e. The number of nitrogens with zero attached hydrogens (tertiary/aromatic N) is 4. The third-order valence-electron chi connectivity index (χ3n) is 6.73. The highest BCUT2D eigenvalue weighted by atomic mass is 32.2. The van der Waals surface area contributed by atoms with Crippen molar-refractivity contribution in [1.29, 1.82) is 0 Å². The van der Waals surface area contributed by atoms with E-state index in [0.717, 1.165) is 81.1 Å². The zero-order chi connectivity index (χ0) is 22.5. The minimum Gasteiger partial charge on any atom is -0.311 e. The smallest absolute Gasteiger partial charge is 0.311 e. The number of hydrogen-bond acceptors (Lipinski definition) is 5. The van der Waals surface area contributed by atoms with Crippen molar-refractivity contribution in [2.75, 3.05) is 36.8 Å². The molecule has 0 atom stereocenters. The number of carbonyl (C=O) groups is 1. The normalized spacial score (nSPS) is 15.5. The SMILES string of the molecule is CCN(CC)CCn1c2c(c(SCC(=O)N3CCCc4ccccc43)nc1=O)CCCC2. The van der Waals surface area contributed by atoms with E-state index in [4.69, 9.17) is 0 Å². The van der Waals surface area contributed by atoms with E-state index in [1.54, 1.807) is 0 Å². The fourth-order valence-corrected chi connectivity index (χ4v) is 5.83. The number of hydrogen-bond donors (Lipinski definition) is 0. The van der Waals surface area contributed by atoms with Crippen LogP contribution in [0.25, 0.3) is 0 Å². The van der Waals surface area contributed by atoms with Crippen LogP contribution in [0.5, 0.6) is 0 Å². The molecule has 2 aromatic rings. The zero-order valence-electron chi connectivity index (χ0n) is 19.3. The predicted molar refractivity (Wildman–Crippen MR) is 131 cm³/mol. The van der Waals surface area contributed by atoms with Crippen molar-refractivity contribution in [1.82, 2.24) is 14.5 Å². The number of aryl methyl sites for hydroxylation is 1. The molecule has 172 valence electrons. The number of carbonyl (C=O) groups excluding carboxylic acids is 1. The average Bonchev–Trinajstić information content (AvgIpc) is 2.84. The maximum atomic E-state index is 13.1. The molecular weight excluding hydrogens is 420 g/mol. The van der Waals surface area contributed by atoms with Crippen LogP contribution in [-0.2, 0) is 30.6 Å². The first kappa shape index (κ1) is 23.1. The Kier molecular flexibility index (Phi) is 7.68. The molecule has 2 aliphatic rings. The molecule has 0 unspecified atom stereocenters. The molecule has 1 aliphatic carbocycles. The first-order chi connectivity index (χ1) is 15.6. The highest BCUT2D eigenvalue weighted by Gasteiger charge is 2.25. The van der Waals surface area contributed by atoms with Gasteiger partial charge in [-0.05, 0) is 63.2 Å². The molecule has 1 aliphatic heterocycles. The Bertz CT molecular complexity index is 1020. The molecule has 32 heavy (non-hydrogen) atoms. The summed E-state index contributed by atoms with van der Waals surface area (Å²) in [5, 5.41) is 0.766. The van der Waals surface area contributed by atoms with Gasteiger partial charge >= 0.3 is 5.69 Å². The summed E-state index contributed by atoms with van der Waals surface area (Å²) in [4.78, 5) is 34.7. The van der Waals surface area contributed by atoms with Gasteiger partial charge < -0.3 is 9.80 Å². The van der Waals surface area contributed by atoms with Crippen LogP contribution in [0.1, 0.15) is 49.9 Å². The number of amides is 1. The molecule has 0 radical (unpaired) electrons. The van der Waals surface area contributed by atoms with Gasteiger partial charge in [0.25, 0.3) is 0 Å². The number of benzene rings is 1. The summed E-state index contributed by atoms with van der Waals surface area (Å²) >= 11 is 1.44. The number of anilines is 1. The Balaban J connectivity index is 1.51. The summed E-state index contributed by atoms with van der Waals surface area (Å²) in [6, 6.07) is 8.17. The maximum Gasteiger partial charge on any atom is 0.348 e. The second kappa shape index (κ2) is 10.7. The van der Waals surface area contributed by atoms with Crippen LogP contribution in [0.3, 0.4) is 0 Å². The first-order valence-electron chi connectivity index (χ1n) is 12.0. The van der Waals surface area contributed by atoms with Gasteiger partial charge in [0.15, 0.2) is 0 Å². The molecule has 0 fully saturated rings. The van der Waals surface area contributed by atoms with Crippen molar-refractivity contribution in [2.45, 2.75) is 63.9 Å². The van der Waals surface area contributed by atoms with Crippen LogP contribution in [0.4, 0.5) is 5.69 Å². The van der Waals surface area contributed by atoms with Crippen LogP contribution in [-0.4, -0.2) is 52.3 Å². The first-order valence-corrected chi connectivity index (χ1v) is 13.0. The summed E-state index contributed by atoms with van der Waals surface area (Å²) in [6.45, 7) is 8.57. The van der Waals surface area contributed by atoms with E-state index in [9.17, 15) is 9.59 Å². The van der Waals surface area contributed by atoms with Gasteiger partial charge in [-0.1, -0.05) is 43.8 Å². The van der Waals surface area contributed by atoms with E-state index < -0.39 is 0 Å². The van der Waals surface area contributed by atoms with Crippen molar-refractivity contribution in [2.24, 2.45) is 0 Å². The zero-order valence-corrected chi connectivity index (χ0v) is 20.1. The third-order valence-corrected chi connectivity index (χ3v) is 7.73. The molecule has 7 heteroatoms. The molecule has 0 bridgehead atoms. The number of rotatable bonds is 8. The molecule has 0 saturated heterocycles. The van der Waals surface area contributed by atoms with Crippen molar-refractivity contribution in [3.8, 4) is 0 Å². The minimum atomic E-state index is -0.170. The lowest BCUT2D eigenvalue weighted by molar-refractivity contribution is -0.116. The van der Waals surface area contributed by atoms with E-state index in [-0.39, 0.29) is 11.6 Å². The number of likely N-dealkylation sites (N-methyl/N-ethyl adjacent to an activating group) is 1. The Hall–Kier alpha value is -2.12. The molecule has 1 aromatic carbocycles. The van der Waals surface area contributed by atoms with Gasteiger partial charge in [-0.3, -0.25) is 9.36 Å². The van der Waals surface area contributed by atoms with E-state index in [1.807, 2.05) is 27.7 Å². The number of para-hydroxylation sites is 1. The summed E-state index contributed by atoms with van der Waals surface area (Å²) < 4.78 is 1.89. The van der Waals surface area contributed by atoms with E-state index >= 15 is 0 Å². The lowest BCUT2D eigenvalue weighted by Gasteiger charge is -2.29. The summed E-state index contributed by atoms with van der Waals surface area (Å²) in [5.41, 5.74) is 4.43. The second-order valence-corrected chi connectivity index (χ2v) is 9.54. The van der Waals surface area contributed by atoms with E-state index in [1.165, 1.54) is 22.9 Å². The van der Waals surface area contributed by atoms with Gasteiger partial charge in [0, 0.05) is 36.6 Å². The number of fused-ring (bicyclic) bond motifs is 2. The van der Waals surface area contributed by atoms with E-state index in [0.29, 0.717) is 12.3 Å². The Labute approximate surface area is 195 Å². The lowest BCUT2D eigenvalue weighted by Crippen LogP contribution is -2.37. The Morgan fingerprint density at radius 1 is 1.09 bits per heavy atom. The predicted octanol–water partition coefficient (Wildman–Crippen LogP) is 3.54. The summed E-state index contributed by atoms with van der Waals surface area (Å²) in [6.07, 6.45) is 6.10. The molecule has 2 heterocycles. The summed E-state index contributed by atoms with van der Waals surface area (Å²) in [5.74, 6) is 0.413. The Morgan fingerprint density at radius 2 is 1.88 bits per heavy atom. The highest BCUT2D eigenvalue weighted by molar-refractivity contribution is 8.00. The van der Waals surface area contributed by atoms with Crippen molar-refractivity contribution in [3.63, 3.8) is 0 Å². The standard InChI is InChI=1S/C25H34N4O2S/c1-3-27(4-2)16-17-29-22-14-8-6-12-20(22)24(26-25(29)31)32-18-23(30)28-15-9-11-19-10-5-7-13-21(19)28/h5,7,10,13H,3-4,6,8-9,11-12,14-18H2,1-2H3. The van der Waals surface area contributed by atoms with Crippen molar-refractivity contribution >= 4 is 23.4 Å². The molecule has 4 rings (SSSR count). The van der Waals surface area contributed by atoms with Crippen molar-refractivity contribution < 1.29 is 4.79 Å². The lowest BCUT2D eigenvalue weighted by atomic mass is 9.97. The monoisotopic (exact) mass is 454 g/mol. The number of thioether (sulfide) groups is 1. The topological polar surface area (TPSA) is 58.4 Å². The molecule has 0 saturated carbocycles. The van der Waals surface area contributed by atoms with Crippen molar-refractivity contribution in [3.05, 3.63) is 51.6 Å². The third kappa shape index (κ3) is 4.94. The quantitative estimate of drug-likeness (QED) is 0.451. The Morgan fingerprint density at radius 3 is 2.69 bits per heavy atom. The molecule has 0 N–H and O–H groups in total.